The Hall–Kier alpha value is -1.22. The average Bonchev–Trinajstić information content (AvgIpc) is 2.46. The molecular weight excluding hydrogens is 330 g/mol. The summed E-state index contributed by atoms with van der Waals surface area (Å²) in [5, 5.41) is 10.8. The fraction of sp³-hybridized carbons (Fsp3) is 0.538. The second kappa shape index (κ2) is 7.36. The summed E-state index contributed by atoms with van der Waals surface area (Å²) < 4.78 is 26.5. The summed E-state index contributed by atoms with van der Waals surface area (Å²) in [5.74, 6) is 0.370. The predicted molar refractivity (Wildman–Crippen MR) is 85.6 cm³/mol. The molecule has 1 heterocycles. The number of benzene rings is 1. The molecule has 7 nitrogen and oxygen atoms in total. The van der Waals surface area contributed by atoms with Crippen molar-refractivity contribution < 1.29 is 13.3 Å². The SMILES string of the molecule is Cc1cc(S(=O)(=O)N2CCC(CN)CC2)ccc1[N+](=O)[O-].Cl. The molecule has 2 rings (SSSR count). The number of nitrogens with two attached hydrogens (primary N) is 1. The van der Waals surface area contributed by atoms with Crippen LogP contribution in [0.25, 0.3) is 0 Å². The van der Waals surface area contributed by atoms with Crippen LogP contribution in [-0.4, -0.2) is 37.3 Å². The highest BCUT2D eigenvalue weighted by molar-refractivity contribution is 7.89. The molecule has 0 spiro atoms. The minimum Gasteiger partial charge on any atom is -0.330 e. The van der Waals surface area contributed by atoms with Crippen LogP contribution in [0.4, 0.5) is 5.69 Å². The van der Waals surface area contributed by atoms with Gasteiger partial charge in [0.05, 0.1) is 9.82 Å². The molecule has 0 atom stereocenters. The molecule has 0 radical (unpaired) electrons. The fourth-order valence-corrected chi connectivity index (χ4v) is 4.08. The van der Waals surface area contributed by atoms with E-state index >= 15 is 0 Å². The van der Waals surface area contributed by atoms with Crippen LogP contribution in [0, 0.1) is 23.0 Å². The molecule has 1 aliphatic rings. The van der Waals surface area contributed by atoms with Crippen LogP contribution in [0.1, 0.15) is 18.4 Å². The first-order chi connectivity index (χ1) is 9.86. The maximum atomic E-state index is 12.5. The Morgan fingerprint density at radius 3 is 2.41 bits per heavy atom. The van der Waals surface area contributed by atoms with Gasteiger partial charge in [-0.3, -0.25) is 10.1 Å². The van der Waals surface area contributed by atoms with Gasteiger partial charge < -0.3 is 5.73 Å². The standard InChI is InChI=1S/C13H19N3O4S.ClH/c1-10-8-12(2-3-13(10)16(17)18)21(19,20)15-6-4-11(9-14)5-7-15;/h2-3,8,11H,4-7,9,14H2,1H3;1H. The summed E-state index contributed by atoms with van der Waals surface area (Å²) in [6, 6.07) is 3.91. The molecule has 0 unspecified atom stereocenters. The van der Waals surface area contributed by atoms with Gasteiger partial charge >= 0.3 is 0 Å². The van der Waals surface area contributed by atoms with Crippen molar-refractivity contribution >= 4 is 28.1 Å². The van der Waals surface area contributed by atoms with E-state index in [0.717, 1.165) is 12.8 Å². The van der Waals surface area contributed by atoms with Gasteiger partial charge in [0.15, 0.2) is 0 Å². The van der Waals surface area contributed by atoms with E-state index in [-0.39, 0.29) is 23.0 Å². The Balaban J connectivity index is 0.00000242. The lowest BCUT2D eigenvalue weighted by molar-refractivity contribution is -0.385. The number of rotatable bonds is 4. The number of nitro benzene ring substituents is 1. The molecular formula is C13H20ClN3O4S. The largest absolute Gasteiger partial charge is 0.330 e. The molecule has 0 saturated carbocycles. The van der Waals surface area contributed by atoms with Crippen LogP contribution in [0.2, 0.25) is 0 Å². The van der Waals surface area contributed by atoms with E-state index in [1.54, 1.807) is 0 Å². The van der Waals surface area contributed by atoms with Crippen LogP contribution >= 0.6 is 12.4 Å². The van der Waals surface area contributed by atoms with Crippen LogP contribution in [-0.2, 0) is 10.0 Å². The van der Waals surface area contributed by atoms with E-state index < -0.39 is 14.9 Å². The number of nitrogens with zero attached hydrogens (tertiary/aromatic N) is 2. The third kappa shape index (κ3) is 3.75. The van der Waals surface area contributed by atoms with Crippen molar-refractivity contribution in [3.05, 3.63) is 33.9 Å². The number of nitro groups is 1. The Kier molecular flexibility index (Phi) is 6.30. The highest BCUT2D eigenvalue weighted by atomic mass is 35.5. The molecule has 1 aliphatic heterocycles. The van der Waals surface area contributed by atoms with Crippen LogP contribution in [0.3, 0.4) is 0 Å². The van der Waals surface area contributed by atoms with Crippen LogP contribution < -0.4 is 5.73 Å². The molecule has 1 fully saturated rings. The first-order valence-corrected chi connectivity index (χ1v) is 8.25. The number of piperidine rings is 1. The van der Waals surface area contributed by atoms with E-state index in [1.807, 2.05) is 0 Å². The highest BCUT2D eigenvalue weighted by Gasteiger charge is 2.29. The minimum absolute atomic E-state index is 0. The maximum Gasteiger partial charge on any atom is 0.272 e. The van der Waals surface area contributed by atoms with E-state index in [2.05, 4.69) is 0 Å². The van der Waals surface area contributed by atoms with Gasteiger partial charge in [-0.25, -0.2) is 8.42 Å². The van der Waals surface area contributed by atoms with Crippen molar-refractivity contribution in [3.8, 4) is 0 Å². The van der Waals surface area contributed by atoms with Crippen LogP contribution in [0.15, 0.2) is 23.1 Å². The summed E-state index contributed by atoms with van der Waals surface area (Å²) in [4.78, 5) is 10.4. The highest BCUT2D eigenvalue weighted by Crippen LogP contribution is 2.26. The van der Waals surface area contributed by atoms with E-state index in [9.17, 15) is 18.5 Å². The molecule has 1 saturated heterocycles. The topological polar surface area (TPSA) is 107 Å². The van der Waals surface area contributed by atoms with Gasteiger partial charge in [0.2, 0.25) is 10.0 Å². The average molecular weight is 350 g/mol. The maximum absolute atomic E-state index is 12.5. The summed E-state index contributed by atoms with van der Waals surface area (Å²) in [6.45, 7) is 3.00. The zero-order chi connectivity index (χ0) is 15.6. The van der Waals surface area contributed by atoms with Gasteiger partial charge in [-0.15, -0.1) is 12.4 Å². The monoisotopic (exact) mass is 349 g/mol. The second-order valence-corrected chi connectivity index (χ2v) is 7.23. The Morgan fingerprint density at radius 1 is 1.36 bits per heavy atom. The lowest BCUT2D eigenvalue weighted by Crippen LogP contribution is -2.40. The van der Waals surface area contributed by atoms with Crippen LogP contribution in [0.5, 0.6) is 0 Å². The van der Waals surface area contributed by atoms with Gasteiger partial charge in [0.1, 0.15) is 0 Å². The molecule has 1 aromatic rings. The smallest absolute Gasteiger partial charge is 0.272 e. The Labute approximate surface area is 136 Å². The molecule has 2 N–H and O–H groups in total. The Bertz CT molecular complexity index is 643. The molecule has 9 heteroatoms. The molecule has 1 aromatic carbocycles. The van der Waals surface area contributed by atoms with E-state index in [0.29, 0.717) is 31.1 Å². The summed E-state index contributed by atoms with van der Waals surface area (Å²) >= 11 is 0. The van der Waals surface area contributed by atoms with E-state index in [4.69, 9.17) is 5.73 Å². The number of halogens is 1. The third-order valence-electron chi connectivity index (χ3n) is 3.91. The molecule has 0 amide bonds. The number of hydrogen-bond donors (Lipinski definition) is 1. The number of aryl methyl sites for hydroxylation is 1. The zero-order valence-corrected chi connectivity index (χ0v) is 13.9. The van der Waals surface area contributed by atoms with Crippen molar-refractivity contribution in [2.24, 2.45) is 11.7 Å². The van der Waals surface area contributed by atoms with Gasteiger partial charge in [-0.1, -0.05) is 0 Å². The Morgan fingerprint density at radius 2 is 1.95 bits per heavy atom. The number of sulfonamides is 1. The van der Waals surface area contributed by atoms with Gasteiger partial charge in [-0.05, 0) is 44.4 Å². The van der Waals surface area contributed by atoms with Crippen molar-refractivity contribution in [3.63, 3.8) is 0 Å². The normalized spacial score (nSPS) is 17.0. The molecule has 22 heavy (non-hydrogen) atoms. The van der Waals surface area contributed by atoms with Crippen molar-refractivity contribution in [2.75, 3.05) is 19.6 Å². The van der Waals surface area contributed by atoms with Crippen molar-refractivity contribution in [2.45, 2.75) is 24.7 Å². The summed E-state index contributed by atoms with van der Waals surface area (Å²) in [6.07, 6.45) is 1.50. The second-order valence-electron chi connectivity index (χ2n) is 5.29. The fourth-order valence-electron chi connectivity index (χ4n) is 2.53. The van der Waals surface area contributed by atoms with Crippen molar-refractivity contribution in [1.29, 1.82) is 0 Å². The molecule has 0 aromatic heterocycles. The molecule has 124 valence electrons. The summed E-state index contributed by atoms with van der Waals surface area (Å²) in [7, 11) is -3.59. The zero-order valence-electron chi connectivity index (χ0n) is 12.3. The lowest BCUT2D eigenvalue weighted by Gasteiger charge is -2.30. The van der Waals surface area contributed by atoms with Gasteiger partial charge in [0, 0.05) is 24.7 Å². The minimum atomic E-state index is -3.59. The van der Waals surface area contributed by atoms with Gasteiger partial charge in [0.25, 0.3) is 5.69 Å². The van der Waals surface area contributed by atoms with Gasteiger partial charge in [-0.2, -0.15) is 4.31 Å². The van der Waals surface area contributed by atoms with E-state index in [1.165, 1.54) is 29.4 Å². The molecule has 0 aliphatic carbocycles. The molecule has 0 bridgehead atoms. The number of hydrogen-bond acceptors (Lipinski definition) is 5. The predicted octanol–water partition coefficient (Wildman–Crippen LogP) is 1.68. The third-order valence-corrected chi connectivity index (χ3v) is 5.80. The first-order valence-electron chi connectivity index (χ1n) is 6.81. The summed E-state index contributed by atoms with van der Waals surface area (Å²) in [5.41, 5.74) is 5.87. The lowest BCUT2D eigenvalue weighted by atomic mass is 9.99. The quantitative estimate of drug-likeness (QED) is 0.657. The first kappa shape index (κ1) is 18.8. The van der Waals surface area contributed by atoms with Crippen molar-refractivity contribution in [1.82, 2.24) is 4.31 Å².